The van der Waals surface area contributed by atoms with Crippen LogP contribution in [0.15, 0.2) is 0 Å². The van der Waals surface area contributed by atoms with Crippen molar-refractivity contribution in [2.75, 3.05) is 33.4 Å². The van der Waals surface area contributed by atoms with Gasteiger partial charge in [0.15, 0.2) is 0 Å². The molecular weight excluding hydrogens is 267 g/mol. The number of rotatable bonds is 11. The smallest absolute Gasteiger partial charge is 0.250 e. The quantitative estimate of drug-likeness (QED) is 0.359. The van der Waals surface area contributed by atoms with Crippen LogP contribution in [0.2, 0.25) is 0 Å². The molecule has 0 spiro atoms. The molecule has 0 saturated heterocycles. The van der Waals surface area contributed by atoms with Crippen LogP contribution < -0.4 is 5.32 Å². The summed E-state index contributed by atoms with van der Waals surface area (Å²) in [5, 5.41) is 2.74. The van der Waals surface area contributed by atoms with Crippen LogP contribution in [0.4, 0.5) is 0 Å². The average molecular weight is 290 g/mol. The Hall–Kier alpha value is -0.860. The molecule has 1 amide bonds. The second-order valence-electron chi connectivity index (χ2n) is 3.89. The van der Waals surface area contributed by atoms with Gasteiger partial charge in [0, 0.05) is 20.6 Å². The lowest BCUT2D eigenvalue weighted by atomic mass is 10.2. The van der Waals surface area contributed by atoms with Crippen molar-refractivity contribution in [3.8, 4) is 0 Å². The van der Waals surface area contributed by atoms with Crippen LogP contribution in [0.25, 0.3) is 4.85 Å². The Morgan fingerprint density at radius 3 is 2.58 bits per heavy atom. The molecule has 7 heteroatoms. The number of nitrogens with one attached hydrogen (secondary N) is 1. The summed E-state index contributed by atoms with van der Waals surface area (Å²) in [7, 11) is -1.02. The molecular formula is C12H23N2O4P. The van der Waals surface area contributed by atoms with Crippen molar-refractivity contribution < 1.29 is 18.4 Å². The summed E-state index contributed by atoms with van der Waals surface area (Å²) in [6, 6.07) is 0. The van der Waals surface area contributed by atoms with Crippen molar-refractivity contribution >= 4 is 19.8 Å². The SMILES string of the molecule is [C-]#[N+]CCOP(=C)(OC)OCCCCCNC(C)=O. The number of amides is 1. The zero-order chi connectivity index (χ0) is 14.6. The minimum atomic E-state index is -2.51. The topological polar surface area (TPSA) is 61.1 Å². The van der Waals surface area contributed by atoms with Gasteiger partial charge in [-0.25, -0.2) is 6.57 Å². The van der Waals surface area contributed by atoms with E-state index in [1.165, 1.54) is 14.0 Å². The Labute approximate surface area is 115 Å². The molecule has 0 heterocycles. The molecule has 0 aliphatic carbocycles. The Bertz CT molecular complexity index is 341. The molecule has 0 aromatic carbocycles. The highest BCUT2D eigenvalue weighted by Gasteiger charge is 2.15. The molecule has 0 aromatic rings. The molecule has 0 rings (SSSR count). The second kappa shape index (κ2) is 11.0. The molecule has 0 aliphatic heterocycles. The van der Waals surface area contributed by atoms with E-state index in [0.29, 0.717) is 13.2 Å². The number of nitrogens with zero attached hydrogens (tertiary/aromatic N) is 1. The maximum absolute atomic E-state index is 10.6. The molecule has 0 aromatic heterocycles. The predicted octanol–water partition coefficient (Wildman–Crippen LogP) is 2.09. The van der Waals surface area contributed by atoms with Crippen LogP contribution in [0, 0.1) is 6.57 Å². The predicted molar refractivity (Wildman–Crippen MR) is 77.0 cm³/mol. The van der Waals surface area contributed by atoms with Gasteiger partial charge in [0.1, 0.15) is 6.61 Å². The van der Waals surface area contributed by atoms with Gasteiger partial charge >= 0.3 is 0 Å². The number of carbonyl (C=O) groups excluding carboxylic acids is 1. The summed E-state index contributed by atoms with van der Waals surface area (Å²) in [6.45, 7) is 9.90. The Kier molecular flexibility index (Phi) is 10.5. The Morgan fingerprint density at radius 2 is 2.00 bits per heavy atom. The molecule has 0 aliphatic rings. The van der Waals surface area contributed by atoms with Gasteiger partial charge < -0.3 is 23.7 Å². The fraction of sp³-hybridized carbons (Fsp3) is 0.750. The number of hydrogen-bond donors (Lipinski definition) is 1. The van der Waals surface area contributed by atoms with Crippen LogP contribution in [0.1, 0.15) is 26.2 Å². The van der Waals surface area contributed by atoms with Gasteiger partial charge in [-0.2, -0.15) is 0 Å². The third kappa shape index (κ3) is 10.7. The third-order valence-corrected chi connectivity index (χ3v) is 3.96. The van der Waals surface area contributed by atoms with Crippen molar-refractivity contribution in [3.05, 3.63) is 11.4 Å². The molecule has 6 nitrogen and oxygen atoms in total. The molecule has 1 unspecified atom stereocenters. The van der Waals surface area contributed by atoms with Crippen molar-refractivity contribution in [2.24, 2.45) is 0 Å². The van der Waals surface area contributed by atoms with Gasteiger partial charge in [0.25, 0.3) is 7.57 Å². The van der Waals surface area contributed by atoms with Crippen molar-refractivity contribution in [3.63, 3.8) is 0 Å². The van der Waals surface area contributed by atoms with Crippen LogP contribution >= 0.6 is 7.57 Å². The van der Waals surface area contributed by atoms with Gasteiger partial charge in [0.05, 0.1) is 6.61 Å². The Morgan fingerprint density at radius 1 is 1.32 bits per heavy atom. The number of unbranched alkanes of at least 4 members (excludes halogenated alkanes) is 2. The first-order valence-electron chi connectivity index (χ1n) is 6.20. The van der Waals surface area contributed by atoms with Crippen LogP contribution in [-0.2, 0) is 18.4 Å². The molecule has 0 fully saturated rings. The second-order valence-corrected chi connectivity index (χ2v) is 5.99. The maximum atomic E-state index is 10.6. The maximum Gasteiger partial charge on any atom is 0.250 e. The summed E-state index contributed by atoms with van der Waals surface area (Å²) in [4.78, 5) is 13.8. The van der Waals surface area contributed by atoms with Gasteiger partial charge in [0.2, 0.25) is 12.5 Å². The standard InChI is InChI=1S/C12H23N2O4P/c1-12(15)14-8-6-5-7-10-17-19(4,16-3)18-11-9-13-2/h4-11H2,1,3H3,(H,14,15). The summed E-state index contributed by atoms with van der Waals surface area (Å²) in [6.07, 6.45) is 6.52. The van der Waals surface area contributed by atoms with E-state index in [2.05, 4.69) is 16.5 Å². The summed E-state index contributed by atoms with van der Waals surface area (Å²) < 4.78 is 16.0. The first kappa shape index (κ1) is 18.1. The van der Waals surface area contributed by atoms with Gasteiger partial charge in [-0.15, -0.1) is 0 Å². The van der Waals surface area contributed by atoms with E-state index in [4.69, 9.17) is 20.1 Å². The highest BCUT2D eigenvalue weighted by molar-refractivity contribution is 7.59. The minimum Gasteiger partial charge on any atom is -0.356 e. The summed E-state index contributed by atoms with van der Waals surface area (Å²) >= 11 is 0. The summed E-state index contributed by atoms with van der Waals surface area (Å²) in [5.74, 6) is -0.00783. The summed E-state index contributed by atoms with van der Waals surface area (Å²) in [5.41, 5.74) is 0. The minimum absolute atomic E-state index is 0.00783. The molecule has 0 radical (unpaired) electrons. The third-order valence-electron chi connectivity index (χ3n) is 2.25. The highest BCUT2D eigenvalue weighted by Crippen LogP contribution is 2.47. The van der Waals surface area contributed by atoms with Crippen molar-refractivity contribution in [1.29, 1.82) is 0 Å². The van der Waals surface area contributed by atoms with E-state index in [-0.39, 0.29) is 19.1 Å². The van der Waals surface area contributed by atoms with Crippen LogP contribution in [0.5, 0.6) is 0 Å². The van der Waals surface area contributed by atoms with Gasteiger partial charge in [-0.05, 0) is 25.6 Å². The fourth-order valence-electron chi connectivity index (χ4n) is 1.24. The number of carbonyl (C=O) groups is 1. The lowest BCUT2D eigenvalue weighted by Crippen LogP contribution is -2.20. The molecule has 19 heavy (non-hydrogen) atoms. The van der Waals surface area contributed by atoms with Gasteiger partial charge in [-0.3, -0.25) is 4.79 Å². The molecule has 1 atom stereocenters. The largest absolute Gasteiger partial charge is 0.356 e. The van der Waals surface area contributed by atoms with Crippen LogP contribution in [0.3, 0.4) is 0 Å². The lowest BCUT2D eigenvalue weighted by Gasteiger charge is -2.21. The average Bonchev–Trinajstić information content (AvgIpc) is 2.37. The normalized spacial score (nSPS) is 13.5. The highest BCUT2D eigenvalue weighted by atomic mass is 31.2. The molecule has 110 valence electrons. The first-order valence-corrected chi connectivity index (χ1v) is 7.92. The van der Waals surface area contributed by atoms with E-state index < -0.39 is 7.57 Å². The van der Waals surface area contributed by atoms with E-state index in [9.17, 15) is 4.79 Å². The number of hydrogen-bond acceptors (Lipinski definition) is 4. The monoisotopic (exact) mass is 290 g/mol. The Balaban J connectivity index is 3.63. The van der Waals surface area contributed by atoms with E-state index in [1.807, 2.05) is 0 Å². The first-order chi connectivity index (χ1) is 9.04. The van der Waals surface area contributed by atoms with Crippen LogP contribution in [-0.4, -0.2) is 45.6 Å². The van der Waals surface area contributed by atoms with E-state index >= 15 is 0 Å². The van der Waals surface area contributed by atoms with E-state index in [0.717, 1.165) is 19.3 Å². The molecule has 1 N–H and O–H groups in total. The van der Waals surface area contributed by atoms with E-state index in [1.54, 1.807) is 0 Å². The zero-order valence-corrected chi connectivity index (χ0v) is 12.6. The lowest BCUT2D eigenvalue weighted by molar-refractivity contribution is -0.118. The fourth-order valence-corrected chi connectivity index (χ4v) is 2.29. The van der Waals surface area contributed by atoms with Crippen molar-refractivity contribution in [1.82, 2.24) is 5.32 Å². The molecule has 0 bridgehead atoms. The van der Waals surface area contributed by atoms with Crippen molar-refractivity contribution in [2.45, 2.75) is 26.2 Å². The van der Waals surface area contributed by atoms with Gasteiger partial charge in [-0.1, -0.05) is 0 Å². The molecule has 0 saturated carbocycles. The zero-order valence-electron chi connectivity index (χ0n) is 11.7.